The lowest BCUT2D eigenvalue weighted by atomic mass is 10.0. The van der Waals surface area contributed by atoms with E-state index in [9.17, 15) is 4.79 Å². The molecule has 0 bridgehead atoms. The van der Waals surface area contributed by atoms with Gasteiger partial charge in [0.15, 0.2) is 11.5 Å². The van der Waals surface area contributed by atoms with Crippen LogP contribution in [0.4, 0.5) is 0 Å². The number of nitrogens with one attached hydrogen (secondary N) is 1. The van der Waals surface area contributed by atoms with Crippen LogP contribution in [0.2, 0.25) is 0 Å². The van der Waals surface area contributed by atoms with Gasteiger partial charge in [0, 0.05) is 13.2 Å². The zero-order valence-corrected chi connectivity index (χ0v) is 13.3. The second-order valence-electron chi connectivity index (χ2n) is 4.98. The summed E-state index contributed by atoms with van der Waals surface area (Å²) in [5, 5.41) is 3.02. The first-order valence-corrected chi connectivity index (χ1v) is 7.42. The van der Waals surface area contributed by atoms with Crippen molar-refractivity contribution in [3.05, 3.63) is 23.8 Å². The Balaban J connectivity index is 2.14. The molecule has 1 fully saturated rings. The van der Waals surface area contributed by atoms with E-state index < -0.39 is 0 Å². The fourth-order valence-corrected chi connectivity index (χ4v) is 2.57. The van der Waals surface area contributed by atoms with Gasteiger partial charge in [-0.3, -0.25) is 4.79 Å². The lowest BCUT2D eigenvalue weighted by molar-refractivity contribution is -0.0632. The Morgan fingerprint density at radius 3 is 2.86 bits per heavy atom. The van der Waals surface area contributed by atoms with Crippen LogP contribution in [0.5, 0.6) is 11.5 Å². The first-order chi connectivity index (χ1) is 10.7. The molecule has 1 aromatic rings. The SMILES string of the molecule is CCO[C@@H]1COCC[C@H]1NC(=O)c1cccc(OC)c1OC. The highest BCUT2D eigenvalue weighted by molar-refractivity contribution is 5.98. The van der Waals surface area contributed by atoms with Crippen molar-refractivity contribution in [1.82, 2.24) is 5.32 Å². The summed E-state index contributed by atoms with van der Waals surface area (Å²) in [7, 11) is 3.06. The van der Waals surface area contributed by atoms with Gasteiger partial charge in [0.05, 0.1) is 32.4 Å². The molecule has 0 unspecified atom stereocenters. The predicted octanol–water partition coefficient (Wildman–Crippen LogP) is 1.63. The maximum Gasteiger partial charge on any atom is 0.255 e. The number of methoxy groups -OCH3 is 2. The summed E-state index contributed by atoms with van der Waals surface area (Å²) >= 11 is 0. The van der Waals surface area contributed by atoms with Crippen LogP contribution < -0.4 is 14.8 Å². The van der Waals surface area contributed by atoms with E-state index in [2.05, 4.69) is 5.32 Å². The molecule has 1 aliphatic rings. The van der Waals surface area contributed by atoms with Crippen molar-refractivity contribution in [1.29, 1.82) is 0 Å². The van der Waals surface area contributed by atoms with Crippen LogP contribution in [0.3, 0.4) is 0 Å². The second kappa shape index (κ2) is 8.00. The number of para-hydroxylation sites is 1. The normalized spacial score (nSPS) is 21.2. The first-order valence-electron chi connectivity index (χ1n) is 7.42. The zero-order valence-electron chi connectivity index (χ0n) is 13.3. The third-order valence-corrected chi connectivity index (χ3v) is 3.65. The number of hydrogen-bond acceptors (Lipinski definition) is 5. The molecule has 2 atom stereocenters. The van der Waals surface area contributed by atoms with Crippen molar-refractivity contribution >= 4 is 5.91 Å². The third-order valence-electron chi connectivity index (χ3n) is 3.65. The van der Waals surface area contributed by atoms with E-state index in [1.54, 1.807) is 25.3 Å². The Hall–Kier alpha value is -1.79. The van der Waals surface area contributed by atoms with E-state index in [1.807, 2.05) is 6.92 Å². The Kier molecular flexibility index (Phi) is 6.03. The number of rotatable bonds is 6. The van der Waals surface area contributed by atoms with E-state index in [1.165, 1.54) is 7.11 Å². The second-order valence-corrected chi connectivity index (χ2v) is 4.98. The van der Waals surface area contributed by atoms with Gasteiger partial charge in [0.1, 0.15) is 6.10 Å². The smallest absolute Gasteiger partial charge is 0.255 e. The molecule has 2 rings (SSSR count). The van der Waals surface area contributed by atoms with E-state index in [0.717, 1.165) is 6.42 Å². The number of hydrogen-bond donors (Lipinski definition) is 1. The Morgan fingerprint density at radius 1 is 1.36 bits per heavy atom. The Labute approximate surface area is 130 Å². The molecule has 0 aliphatic carbocycles. The molecular weight excluding hydrogens is 286 g/mol. The highest BCUT2D eigenvalue weighted by atomic mass is 16.5. The van der Waals surface area contributed by atoms with Crippen LogP contribution in [0.1, 0.15) is 23.7 Å². The van der Waals surface area contributed by atoms with E-state index in [-0.39, 0.29) is 18.1 Å². The molecule has 0 spiro atoms. The van der Waals surface area contributed by atoms with Crippen molar-refractivity contribution < 1.29 is 23.7 Å². The number of carbonyl (C=O) groups is 1. The van der Waals surface area contributed by atoms with Crippen molar-refractivity contribution in [2.45, 2.75) is 25.5 Å². The van der Waals surface area contributed by atoms with Crippen LogP contribution >= 0.6 is 0 Å². The minimum Gasteiger partial charge on any atom is -0.493 e. The third kappa shape index (κ3) is 3.69. The highest BCUT2D eigenvalue weighted by Gasteiger charge is 2.29. The zero-order chi connectivity index (χ0) is 15.9. The maximum absolute atomic E-state index is 12.6. The number of benzene rings is 1. The van der Waals surface area contributed by atoms with Gasteiger partial charge >= 0.3 is 0 Å². The predicted molar refractivity (Wildman–Crippen MR) is 81.7 cm³/mol. The van der Waals surface area contributed by atoms with Gasteiger partial charge in [-0.2, -0.15) is 0 Å². The molecule has 1 amide bonds. The monoisotopic (exact) mass is 309 g/mol. The van der Waals surface area contributed by atoms with Crippen LogP contribution in [-0.4, -0.2) is 52.1 Å². The van der Waals surface area contributed by atoms with Gasteiger partial charge in [-0.1, -0.05) is 6.07 Å². The average molecular weight is 309 g/mol. The molecule has 1 heterocycles. The summed E-state index contributed by atoms with van der Waals surface area (Å²) in [4.78, 5) is 12.6. The van der Waals surface area contributed by atoms with Gasteiger partial charge in [0.25, 0.3) is 5.91 Å². The molecular formula is C16H23NO5. The van der Waals surface area contributed by atoms with Crippen molar-refractivity contribution in [3.8, 4) is 11.5 Å². The summed E-state index contributed by atoms with van der Waals surface area (Å²) in [5.41, 5.74) is 0.448. The van der Waals surface area contributed by atoms with Crippen LogP contribution in [0.15, 0.2) is 18.2 Å². The largest absolute Gasteiger partial charge is 0.493 e. The molecule has 1 aromatic carbocycles. The summed E-state index contributed by atoms with van der Waals surface area (Å²) in [6, 6.07) is 5.16. The summed E-state index contributed by atoms with van der Waals surface area (Å²) < 4.78 is 21.6. The van der Waals surface area contributed by atoms with Crippen LogP contribution in [0, 0.1) is 0 Å². The quantitative estimate of drug-likeness (QED) is 0.865. The molecule has 0 radical (unpaired) electrons. The lowest BCUT2D eigenvalue weighted by Gasteiger charge is -2.32. The standard InChI is InChI=1S/C16H23NO5/c1-4-22-14-10-21-9-8-12(14)17-16(18)11-6-5-7-13(19-2)15(11)20-3/h5-7,12,14H,4,8-10H2,1-3H3,(H,17,18)/t12-,14-/m1/s1. The number of amides is 1. The van der Waals surface area contributed by atoms with E-state index in [0.29, 0.717) is 36.9 Å². The molecule has 22 heavy (non-hydrogen) atoms. The molecule has 6 nitrogen and oxygen atoms in total. The average Bonchev–Trinajstić information content (AvgIpc) is 2.55. The van der Waals surface area contributed by atoms with Gasteiger partial charge < -0.3 is 24.3 Å². The fraction of sp³-hybridized carbons (Fsp3) is 0.562. The van der Waals surface area contributed by atoms with Crippen LogP contribution in [-0.2, 0) is 9.47 Å². The van der Waals surface area contributed by atoms with Gasteiger partial charge in [-0.05, 0) is 25.5 Å². The Bertz CT molecular complexity index is 503. The van der Waals surface area contributed by atoms with Gasteiger partial charge in [-0.15, -0.1) is 0 Å². The summed E-state index contributed by atoms with van der Waals surface area (Å²) in [6.45, 7) is 3.62. The molecule has 0 aromatic heterocycles. The van der Waals surface area contributed by atoms with Crippen molar-refractivity contribution in [2.24, 2.45) is 0 Å². The first kappa shape index (κ1) is 16.6. The molecule has 6 heteroatoms. The summed E-state index contributed by atoms with van der Waals surface area (Å²) in [5.74, 6) is 0.762. The maximum atomic E-state index is 12.6. The number of carbonyl (C=O) groups excluding carboxylic acids is 1. The highest BCUT2D eigenvalue weighted by Crippen LogP contribution is 2.30. The fourth-order valence-electron chi connectivity index (χ4n) is 2.57. The molecule has 1 saturated heterocycles. The van der Waals surface area contributed by atoms with E-state index >= 15 is 0 Å². The summed E-state index contributed by atoms with van der Waals surface area (Å²) in [6.07, 6.45) is 0.599. The molecule has 0 saturated carbocycles. The topological polar surface area (TPSA) is 66.0 Å². The van der Waals surface area contributed by atoms with Crippen LogP contribution in [0.25, 0.3) is 0 Å². The lowest BCUT2D eigenvalue weighted by Crippen LogP contribution is -2.50. The molecule has 1 N–H and O–H groups in total. The van der Waals surface area contributed by atoms with Crippen molar-refractivity contribution in [3.63, 3.8) is 0 Å². The minimum atomic E-state index is -0.202. The van der Waals surface area contributed by atoms with E-state index in [4.69, 9.17) is 18.9 Å². The molecule has 1 aliphatic heterocycles. The molecule has 122 valence electrons. The minimum absolute atomic E-state index is 0.0721. The number of ether oxygens (including phenoxy) is 4. The van der Waals surface area contributed by atoms with Gasteiger partial charge in [-0.25, -0.2) is 0 Å². The van der Waals surface area contributed by atoms with Crippen molar-refractivity contribution in [2.75, 3.05) is 34.0 Å². The van der Waals surface area contributed by atoms with Gasteiger partial charge in [0.2, 0.25) is 0 Å². The Morgan fingerprint density at radius 2 is 2.18 bits per heavy atom.